The van der Waals surface area contributed by atoms with Crippen molar-refractivity contribution < 1.29 is 0 Å². The molecule has 0 heterocycles. The normalized spacial score (nSPS) is 20.9. The molecule has 128 valence electrons. The summed E-state index contributed by atoms with van der Waals surface area (Å²) >= 11 is 0. The molecule has 0 amide bonds. The molecular formula is C24H32. The molecule has 0 saturated heterocycles. The zero-order chi connectivity index (χ0) is 16.8. The van der Waals surface area contributed by atoms with Crippen LogP contribution < -0.4 is 0 Å². The standard InChI is InChI=1S/C24H32/c1-3-4-5-8-20-13-17-22(18-14-20)24-10-7-6-9-23(24)21-15-11-19(2)12-16-21/h6-7,9-10,13-14,17-19,21H,3-5,8,11-12,15-16H2,1-2H3. The summed E-state index contributed by atoms with van der Waals surface area (Å²) < 4.78 is 0. The number of aryl methyl sites for hydroxylation is 1. The summed E-state index contributed by atoms with van der Waals surface area (Å²) in [5, 5.41) is 0. The van der Waals surface area contributed by atoms with Gasteiger partial charge in [0.05, 0.1) is 0 Å². The number of hydrogen-bond donors (Lipinski definition) is 0. The second kappa shape index (κ2) is 8.51. The Morgan fingerprint density at radius 3 is 2.25 bits per heavy atom. The van der Waals surface area contributed by atoms with Gasteiger partial charge in [-0.05, 0) is 59.8 Å². The molecule has 0 heteroatoms. The average molecular weight is 321 g/mol. The van der Waals surface area contributed by atoms with Crippen LogP contribution in [-0.2, 0) is 6.42 Å². The Kier molecular flexibility index (Phi) is 6.12. The molecule has 0 radical (unpaired) electrons. The lowest BCUT2D eigenvalue weighted by Gasteiger charge is -2.28. The second-order valence-corrected chi connectivity index (χ2v) is 7.70. The molecule has 3 rings (SSSR count). The Hall–Kier alpha value is -1.56. The van der Waals surface area contributed by atoms with Crippen molar-refractivity contribution in [1.29, 1.82) is 0 Å². The van der Waals surface area contributed by atoms with Crippen LogP contribution in [0.3, 0.4) is 0 Å². The first-order valence-electron chi connectivity index (χ1n) is 9.96. The summed E-state index contributed by atoms with van der Waals surface area (Å²) in [4.78, 5) is 0. The minimum atomic E-state index is 0.752. The van der Waals surface area contributed by atoms with Crippen molar-refractivity contribution in [2.24, 2.45) is 5.92 Å². The summed E-state index contributed by atoms with van der Waals surface area (Å²) in [5.41, 5.74) is 5.90. The van der Waals surface area contributed by atoms with Crippen LogP contribution in [0.1, 0.15) is 75.8 Å². The van der Waals surface area contributed by atoms with E-state index < -0.39 is 0 Å². The van der Waals surface area contributed by atoms with Gasteiger partial charge in [-0.15, -0.1) is 0 Å². The Balaban J connectivity index is 1.77. The van der Waals surface area contributed by atoms with E-state index in [2.05, 4.69) is 62.4 Å². The SMILES string of the molecule is CCCCCc1ccc(-c2ccccc2C2CCC(C)CC2)cc1. The predicted molar refractivity (Wildman–Crippen MR) is 105 cm³/mol. The first kappa shape index (κ1) is 17.3. The van der Waals surface area contributed by atoms with Crippen LogP contribution in [0.4, 0.5) is 0 Å². The van der Waals surface area contributed by atoms with Crippen molar-refractivity contribution in [2.75, 3.05) is 0 Å². The Labute approximate surface area is 148 Å². The van der Waals surface area contributed by atoms with Crippen LogP contribution in [-0.4, -0.2) is 0 Å². The van der Waals surface area contributed by atoms with Gasteiger partial charge in [0.2, 0.25) is 0 Å². The minimum absolute atomic E-state index is 0.752. The summed E-state index contributed by atoms with van der Waals surface area (Å²) in [5.74, 6) is 1.66. The third-order valence-corrected chi connectivity index (χ3v) is 5.75. The molecule has 0 aliphatic heterocycles. The fourth-order valence-electron chi connectivity index (χ4n) is 4.12. The lowest BCUT2D eigenvalue weighted by atomic mass is 9.77. The molecule has 1 fully saturated rings. The van der Waals surface area contributed by atoms with Gasteiger partial charge in [-0.2, -0.15) is 0 Å². The molecule has 0 unspecified atom stereocenters. The highest BCUT2D eigenvalue weighted by atomic mass is 14.3. The monoisotopic (exact) mass is 320 g/mol. The van der Waals surface area contributed by atoms with Gasteiger partial charge in [0, 0.05) is 0 Å². The van der Waals surface area contributed by atoms with Gasteiger partial charge in [-0.1, -0.05) is 88.1 Å². The van der Waals surface area contributed by atoms with E-state index in [0.717, 1.165) is 11.8 Å². The van der Waals surface area contributed by atoms with Gasteiger partial charge >= 0.3 is 0 Å². The van der Waals surface area contributed by atoms with Crippen LogP contribution in [0, 0.1) is 5.92 Å². The van der Waals surface area contributed by atoms with Crippen LogP contribution in [0.2, 0.25) is 0 Å². The maximum atomic E-state index is 2.40. The van der Waals surface area contributed by atoms with E-state index in [9.17, 15) is 0 Å². The second-order valence-electron chi connectivity index (χ2n) is 7.70. The molecule has 2 aromatic carbocycles. The van der Waals surface area contributed by atoms with Crippen molar-refractivity contribution in [3.05, 3.63) is 59.7 Å². The summed E-state index contributed by atoms with van der Waals surface area (Å²) in [7, 11) is 0. The Bertz CT molecular complexity index is 615. The predicted octanol–water partition coefficient (Wildman–Crippen LogP) is 7.38. The fourth-order valence-corrected chi connectivity index (χ4v) is 4.12. The molecule has 24 heavy (non-hydrogen) atoms. The van der Waals surface area contributed by atoms with Gasteiger partial charge in [0.25, 0.3) is 0 Å². The van der Waals surface area contributed by atoms with Crippen molar-refractivity contribution in [3.8, 4) is 11.1 Å². The molecule has 0 aromatic heterocycles. The summed E-state index contributed by atoms with van der Waals surface area (Å²) in [6.07, 6.45) is 10.6. The van der Waals surface area contributed by atoms with Gasteiger partial charge in [-0.25, -0.2) is 0 Å². The van der Waals surface area contributed by atoms with E-state index >= 15 is 0 Å². The largest absolute Gasteiger partial charge is 0.0654 e. The minimum Gasteiger partial charge on any atom is -0.0654 e. The van der Waals surface area contributed by atoms with Gasteiger partial charge in [-0.3, -0.25) is 0 Å². The molecule has 1 saturated carbocycles. The zero-order valence-corrected chi connectivity index (χ0v) is 15.4. The number of rotatable bonds is 6. The summed E-state index contributed by atoms with van der Waals surface area (Å²) in [6, 6.07) is 18.5. The number of unbranched alkanes of at least 4 members (excludes halogenated alkanes) is 2. The van der Waals surface area contributed by atoms with Crippen molar-refractivity contribution in [2.45, 2.75) is 71.1 Å². The first-order valence-corrected chi connectivity index (χ1v) is 9.96. The topological polar surface area (TPSA) is 0 Å². The van der Waals surface area contributed by atoms with Crippen molar-refractivity contribution in [3.63, 3.8) is 0 Å². The summed E-state index contributed by atoms with van der Waals surface area (Å²) in [6.45, 7) is 4.67. The number of benzene rings is 2. The van der Waals surface area contributed by atoms with Crippen LogP contribution in [0.5, 0.6) is 0 Å². The van der Waals surface area contributed by atoms with Crippen LogP contribution in [0.15, 0.2) is 48.5 Å². The molecule has 0 N–H and O–H groups in total. The maximum absolute atomic E-state index is 2.40. The van der Waals surface area contributed by atoms with Crippen molar-refractivity contribution in [1.82, 2.24) is 0 Å². The highest BCUT2D eigenvalue weighted by molar-refractivity contribution is 5.68. The van der Waals surface area contributed by atoms with E-state index in [1.165, 1.54) is 68.1 Å². The molecule has 1 aliphatic rings. The average Bonchev–Trinajstić information content (AvgIpc) is 2.63. The third-order valence-electron chi connectivity index (χ3n) is 5.75. The molecular weight excluding hydrogens is 288 g/mol. The molecule has 0 bridgehead atoms. The Morgan fingerprint density at radius 1 is 0.833 bits per heavy atom. The quantitative estimate of drug-likeness (QED) is 0.487. The molecule has 0 spiro atoms. The van der Waals surface area contributed by atoms with Gasteiger partial charge in [0.1, 0.15) is 0 Å². The van der Waals surface area contributed by atoms with E-state index in [-0.39, 0.29) is 0 Å². The van der Waals surface area contributed by atoms with Crippen LogP contribution in [0.25, 0.3) is 11.1 Å². The van der Waals surface area contributed by atoms with E-state index in [0.29, 0.717) is 0 Å². The zero-order valence-electron chi connectivity index (χ0n) is 15.4. The first-order chi connectivity index (χ1) is 11.8. The lowest BCUT2D eigenvalue weighted by Crippen LogP contribution is -2.11. The molecule has 1 aliphatic carbocycles. The van der Waals surface area contributed by atoms with E-state index in [1.807, 2.05) is 0 Å². The van der Waals surface area contributed by atoms with Gasteiger partial charge < -0.3 is 0 Å². The fraction of sp³-hybridized carbons (Fsp3) is 0.500. The molecule has 2 aromatic rings. The lowest BCUT2D eigenvalue weighted by molar-refractivity contribution is 0.348. The van der Waals surface area contributed by atoms with Crippen molar-refractivity contribution >= 4 is 0 Å². The van der Waals surface area contributed by atoms with E-state index in [1.54, 1.807) is 5.56 Å². The number of hydrogen-bond acceptors (Lipinski definition) is 0. The van der Waals surface area contributed by atoms with Crippen LogP contribution >= 0.6 is 0 Å². The molecule has 0 atom stereocenters. The highest BCUT2D eigenvalue weighted by Crippen LogP contribution is 2.39. The highest BCUT2D eigenvalue weighted by Gasteiger charge is 2.21. The maximum Gasteiger partial charge on any atom is -0.0149 e. The smallest absolute Gasteiger partial charge is 0.0149 e. The molecule has 0 nitrogen and oxygen atoms in total. The van der Waals surface area contributed by atoms with Gasteiger partial charge in [0.15, 0.2) is 0 Å². The van der Waals surface area contributed by atoms with E-state index in [4.69, 9.17) is 0 Å². The Morgan fingerprint density at radius 2 is 1.54 bits per heavy atom. The third kappa shape index (κ3) is 4.29.